The SMILES string of the molecule is CCOC(CC(C)[PH](c1ccccc1)(c1ccccc1)c1ccccc1)OCC. The van der Waals surface area contributed by atoms with Gasteiger partial charge in [0.1, 0.15) is 0 Å². The summed E-state index contributed by atoms with van der Waals surface area (Å²) < 4.78 is 11.9. The number of benzene rings is 3. The topological polar surface area (TPSA) is 18.5 Å². The van der Waals surface area contributed by atoms with E-state index in [2.05, 4.69) is 97.9 Å². The van der Waals surface area contributed by atoms with E-state index in [1.54, 1.807) is 0 Å². The second kappa shape index (κ2) is 10.7. The summed E-state index contributed by atoms with van der Waals surface area (Å²) in [4.78, 5) is 0. The summed E-state index contributed by atoms with van der Waals surface area (Å²) in [5, 5.41) is 4.28. The maximum absolute atomic E-state index is 5.96. The van der Waals surface area contributed by atoms with Crippen LogP contribution < -0.4 is 15.9 Å². The van der Waals surface area contributed by atoms with Gasteiger partial charge in [0.15, 0.2) is 0 Å². The van der Waals surface area contributed by atoms with Gasteiger partial charge in [-0.25, -0.2) is 0 Å². The first-order valence-electron chi connectivity index (χ1n) is 10.6. The molecule has 3 heteroatoms. The third-order valence-electron chi connectivity index (χ3n) is 5.68. The van der Waals surface area contributed by atoms with E-state index < -0.39 is 7.26 Å². The molecule has 0 aromatic heterocycles. The van der Waals surface area contributed by atoms with Crippen molar-refractivity contribution >= 4 is 23.2 Å². The summed E-state index contributed by atoms with van der Waals surface area (Å²) in [5.41, 5.74) is 0.387. The Hall–Kier alpha value is -1.99. The van der Waals surface area contributed by atoms with E-state index in [1.165, 1.54) is 15.9 Å². The van der Waals surface area contributed by atoms with Crippen LogP contribution in [-0.4, -0.2) is 25.2 Å². The zero-order valence-corrected chi connectivity index (χ0v) is 18.8. The number of ether oxygens (including phenoxy) is 2. The maximum atomic E-state index is 5.96. The first-order chi connectivity index (χ1) is 14.2. The molecule has 2 nitrogen and oxygen atoms in total. The summed E-state index contributed by atoms with van der Waals surface area (Å²) in [5.74, 6) is 0. The Morgan fingerprint density at radius 1 is 0.621 bits per heavy atom. The number of rotatable bonds is 10. The van der Waals surface area contributed by atoms with Crippen molar-refractivity contribution in [2.75, 3.05) is 13.2 Å². The molecule has 0 aliphatic carbocycles. The molecule has 1 atom stereocenters. The number of hydrogen-bond donors (Lipinski definition) is 0. The fourth-order valence-electron chi connectivity index (χ4n) is 4.48. The summed E-state index contributed by atoms with van der Waals surface area (Å²) in [6, 6.07) is 33.1. The van der Waals surface area contributed by atoms with Crippen molar-refractivity contribution in [2.45, 2.75) is 39.1 Å². The molecule has 0 fully saturated rings. The number of hydrogen-bond acceptors (Lipinski definition) is 2. The third kappa shape index (κ3) is 4.78. The van der Waals surface area contributed by atoms with E-state index in [-0.39, 0.29) is 6.29 Å². The summed E-state index contributed by atoms with van der Waals surface area (Å²) in [6.07, 6.45) is 0.690. The first kappa shape index (κ1) is 21.7. The standard InChI is InChI=1S/C26H33O2P/c1-4-27-26(28-5-2)21-22(3)29(23-15-9-6-10-16-23,24-17-11-7-12-18-24)25-19-13-8-14-20-25/h6-20,22,26,29H,4-5,21H2,1-3H3. The Bertz CT molecular complexity index is 734. The van der Waals surface area contributed by atoms with Crippen LogP contribution in [0.3, 0.4) is 0 Å². The summed E-state index contributed by atoms with van der Waals surface area (Å²) >= 11 is 0. The minimum atomic E-state index is -2.31. The normalized spacial score (nSPS) is 13.4. The fraction of sp³-hybridized carbons (Fsp3) is 0.308. The first-order valence-corrected chi connectivity index (χ1v) is 12.7. The Kier molecular flexibility index (Phi) is 8.00. The molecule has 3 aromatic rings. The molecule has 0 bridgehead atoms. The molecule has 0 aliphatic heterocycles. The van der Waals surface area contributed by atoms with Crippen LogP contribution in [0.5, 0.6) is 0 Å². The van der Waals surface area contributed by atoms with Crippen LogP contribution in [0.15, 0.2) is 91.0 Å². The van der Waals surface area contributed by atoms with Crippen molar-refractivity contribution in [2.24, 2.45) is 0 Å². The molecule has 1 unspecified atom stereocenters. The monoisotopic (exact) mass is 408 g/mol. The Labute approximate surface area is 176 Å². The molecular formula is C26H33O2P. The van der Waals surface area contributed by atoms with Crippen LogP contribution in [0.4, 0.5) is 0 Å². The van der Waals surface area contributed by atoms with E-state index in [9.17, 15) is 0 Å². The van der Waals surface area contributed by atoms with Gasteiger partial charge in [0.25, 0.3) is 0 Å². The van der Waals surface area contributed by atoms with Gasteiger partial charge in [0.05, 0.1) is 0 Å². The van der Waals surface area contributed by atoms with Gasteiger partial charge in [-0.2, -0.15) is 0 Å². The van der Waals surface area contributed by atoms with Crippen molar-refractivity contribution in [3.8, 4) is 0 Å². The van der Waals surface area contributed by atoms with Gasteiger partial charge in [-0.1, -0.05) is 0 Å². The molecule has 0 radical (unpaired) electrons. The van der Waals surface area contributed by atoms with Crippen LogP contribution in [0.1, 0.15) is 27.2 Å². The van der Waals surface area contributed by atoms with Crippen LogP contribution in [0, 0.1) is 0 Å². The second-order valence-electron chi connectivity index (χ2n) is 7.38. The van der Waals surface area contributed by atoms with Crippen LogP contribution >= 0.6 is 7.26 Å². The molecule has 29 heavy (non-hydrogen) atoms. The predicted octanol–water partition coefficient (Wildman–Crippen LogP) is 4.89. The molecule has 0 spiro atoms. The fourth-order valence-corrected chi connectivity index (χ4v) is 9.89. The summed E-state index contributed by atoms with van der Waals surface area (Å²) in [6.45, 7) is 7.77. The van der Waals surface area contributed by atoms with Gasteiger partial charge in [-0.3, -0.25) is 0 Å². The quantitative estimate of drug-likeness (QED) is 0.351. The van der Waals surface area contributed by atoms with Crippen molar-refractivity contribution < 1.29 is 9.47 Å². The van der Waals surface area contributed by atoms with Gasteiger partial charge in [0, 0.05) is 0 Å². The molecule has 0 aliphatic rings. The molecule has 0 amide bonds. The molecule has 0 saturated carbocycles. The van der Waals surface area contributed by atoms with E-state index in [0.29, 0.717) is 18.9 Å². The molecule has 0 N–H and O–H groups in total. The Morgan fingerprint density at radius 3 is 1.28 bits per heavy atom. The van der Waals surface area contributed by atoms with Crippen molar-refractivity contribution in [3.63, 3.8) is 0 Å². The van der Waals surface area contributed by atoms with Gasteiger partial charge in [-0.15, -0.1) is 0 Å². The third-order valence-corrected chi connectivity index (χ3v) is 11.1. The average molecular weight is 409 g/mol. The second-order valence-corrected chi connectivity index (χ2v) is 11.7. The van der Waals surface area contributed by atoms with Crippen LogP contribution in [-0.2, 0) is 9.47 Å². The Balaban J connectivity index is 2.19. The Morgan fingerprint density at radius 2 is 0.966 bits per heavy atom. The molecule has 3 rings (SSSR count). The van der Waals surface area contributed by atoms with Crippen molar-refractivity contribution in [1.82, 2.24) is 0 Å². The molecule has 3 aromatic carbocycles. The summed E-state index contributed by atoms with van der Waals surface area (Å²) in [7, 11) is -2.31. The van der Waals surface area contributed by atoms with Crippen LogP contribution in [0.2, 0.25) is 0 Å². The van der Waals surface area contributed by atoms with Gasteiger partial charge in [-0.05, 0) is 0 Å². The molecule has 0 saturated heterocycles. The predicted molar refractivity (Wildman–Crippen MR) is 128 cm³/mol. The molecular weight excluding hydrogens is 375 g/mol. The van der Waals surface area contributed by atoms with Gasteiger partial charge < -0.3 is 0 Å². The van der Waals surface area contributed by atoms with E-state index in [1.807, 2.05) is 13.8 Å². The van der Waals surface area contributed by atoms with E-state index >= 15 is 0 Å². The van der Waals surface area contributed by atoms with E-state index in [4.69, 9.17) is 9.47 Å². The molecule has 154 valence electrons. The molecule has 0 heterocycles. The van der Waals surface area contributed by atoms with E-state index in [0.717, 1.165) is 6.42 Å². The zero-order valence-electron chi connectivity index (χ0n) is 17.8. The zero-order chi connectivity index (χ0) is 20.5. The van der Waals surface area contributed by atoms with Gasteiger partial charge >= 0.3 is 176 Å². The van der Waals surface area contributed by atoms with Crippen molar-refractivity contribution in [3.05, 3.63) is 91.0 Å². The van der Waals surface area contributed by atoms with Crippen molar-refractivity contribution in [1.29, 1.82) is 0 Å². The van der Waals surface area contributed by atoms with Gasteiger partial charge in [0.2, 0.25) is 0 Å². The van der Waals surface area contributed by atoms with Crippen LogP contribution in [0.25, 0.3) is 0 Å². The minimum absolute atomic E-state index is 0.178. The average Bonchev–Trinajstić information content (AvgIpc) is 2.77.